The highest BCUT2D eigenvalue weighted by atomic mass is 32.1. The summed E-state index contributed by atoms with van der Waals surface area (Å²) in [5.74, 6) is -0.427. The average molecular weight is 417 g/mol. The quantitative estimate of drug-likeness (QED) is 0.481. The van der Waals surface area contributed by atoms with Crippen molar-refractivity contribution in [1.82, 2.24) is 20.1 Å². The van der Waals surface area contributed by atoms with Crippen molar-refractivity contribution >= 4 is 28.8 Å². The van der Waals surface area contributed by atoms with Crippen LogP contribution < -0.4 is 10.6 Å². The maximum absolute atomic E-state index is 12.5. The van der Waals surface area contributed by atoms with Crippen molar-refractivity contribution in [2.24, 2.45) is 0 Å². The van der Waals surface area contributed by atoms with Crippen LogP contribution in [0.4, 0.5) is 5.69 Å². The van der Waals surface area contributed by atoms with E-state index >= 15 is 0 Å². The highest BCUT2D eigenvalue weighted by molar-refractivity contribution is 7.16. The SMILES string of the molecule is O=C(NCCc1ccccc1)c1ccc(C(=O)Nc2ccc(-n3cncn3)cc2)s1. The highest BCUT2D eigenvalue weighted by Gasteiger charge is 2.14. The summed E-state index contributed by atoms with van der Waals surface area (Å²) in [6, 6.07) is 20.6. The molecule has 8 heteroatoms. The largest absolute Gasteiger partial charge is 0.351 e. The number of thiophene rings is 1. The molecular formula is C22H19N5O2S. The number of nitrogens with one attached hydrogen (secondary N) is 2. The van der Waals surface area contributed by atoms with Crippen LogP contribution in [0, 0.1) is 0 Å². The second kappa shape index (κ2) is 9.15. The first-order chi connectivity index (χ1) is 14.7. The van der Waals surface area contributed by atoms with Gasteiger partial charge in [0.15, 0.2) is 0 Å². The lowest BCUT2D eigenvalue weighted by atomic mass is 10.1. The predicted molar refractivity (Wildman–Crippen MR) is 116 cm³/mol. The zero-order valence-electron chi connectivity index (χ0n) is 16.0. The topological polar surface area (TPSA) is 88.9 Å². The molecule has 0 saturated heterocycles. The zero-order valence-corrected chi connectivity index (χ0v) is 16.8. The summed E-state index contributed by atoms with van der Waals surface area (Å²) in [6.45, 7) is 0.542. The van der Waals surface area contributed by atoms with Gasteiger partial charge >= 0.3 is 0 Å². The molecule has 7 nitrogen and oxygen atoms in total. The van der Waals surface area contributed by atoms with E-state index in [1.54, 1.807) is 35.3 Å². The Bertz CT molecular complexity index is 1120. The molecule has 0 spiro atoms. The number of anilines is 1. The Labute approximate surface area is 177 Å². The molecule has 0 aliphatic rings. The van der Waals surface area contributed by atoms with Gasteiger partial charge < -0.3 is 10.6 Å². The van der Waals surface area contributed by atoms with Crippen LogP contribution in [0.15, 0.2) is 79.4 Å². The molecule has 0 fully saturated rings. The minimum absolute atomic E-state index is 0.174. The fourth-order valence-corrected chi connectivity index (χ4v) is 3.68. The molecule has 0 bridgehead atoms. The molecule has 2 aromatic heterocycles. The molecule has 0 unspecified atom stereocenters. The van der Waals surface area contributed by atoms with Gasteiger partial charge in [-0.1, -0.05) is 30.3 Å². The van der Waals surface area contributed by atoms with Crippen molar-refractivity contribution in [3.8, 4) is 5.69 Å². The van der Waals surface area contributed by atoms with Gasteiger partial charge in [-0.15, -0.1) is 11.3 Å². The molecular weight excluding hydrogens is 398 g/mol. The average Bonchev–Trinajstić information content (AvgIpc) is 3.48. The van der Waals surface area contributed by atoms with Gasteiger partial charge in [0.2, 0.25) is 0 Å². The Morgan fingerprint density at radius 3 is 2.33 bits per heavy atom. The van der Waals surface area contributed by atoms with Crippen molar-refractivity contribution in [1.29, 1.82) is 0 Å². The van der Waals surface area contributed by atoms with Crippen LogP contribution >= 0.6 is 11.3 Å². The third-order valence-electron chi connectivity index (χ3n) is 4.40. The second-order valence-corrected chi connectivity index (χ2v) is 7.58. The van der Waals surface area contributed by atoms with Gasteiger partial charge in [0.25, 0.3) is 11.8 Å². The Balaban J connectivity index is 1.31. The van der Waals surface area contributed by atoms with Crippen molar-refractivity contribution in [3.63, 3.8) is 0 Å². The number of carbonyl (C=O) groups is 2. The summed E-state index contributed by atoms with van der Waals surface area (Å²) in [7, 11) is 0. The summed E-state index contributed by atoms with van der Waals surface area (Å²) in [5.41, 5.74) is 2.67. The molecule has 0 aliphatic carbocycles. The van der Waals surface area contributed by atoms with E-state index in [2.05, 4.69) is 20.7 Å². The number of amides is 2. The van der Waals surface area contributed by atoms with Gasteiger partial charge in [-0.3, -0.25) is 9.59 Å². The fraction of sp³-hybridized carbons (Fsp3) is 0.0909. The summed E-state index contributed by atoms with van der Waals surface area (Å²) < 4.78 is 1.63. The molecule has 4 rings (SSSR count). The predicted octanol–water partition coefficient (Wildman–Crippen LogP) is 3.55. The van der Waals surface area contributed by atoms with Gasteiger partial charge in [-0.05, 0) is 48.4 Å². The fourth-order valence-electron chi connectivity index (χ4n) is 2.87. The first-order valence-corrected chi connectivity index (χ1v) is 10.2. The van der Waals surface area contributed by atoms with Gasteiger partial charge in [0, 0.05) is 12.2 Å². The lowest BCUT2D eigenvalue weighted by Crippen LogP contribution is -2.24. The first kappa shape index (κ1) is 19.5. The van der Waals surface area contributed by atoms with Crippen molar-refractivity contribution in [3.05, 3.63) is 94.7 Å². The van der Waals surface area contributed by atoms with Crippen LogP contribution in [-0.4, -0.2) is 33.1 Å². The van der Waals surface area contributed by atoms with E-state index in [-0.39, 0.29) is 11.8 Å². The number of rotatable bonds is 7. The van der Waals surface area contributed by atoms with E-state index < -0.39 is 0 Å². The molecule has 4 aromatic rings. The number of nitrogens with zero attached hydrogens (tertiary/aromatic N) is 3. The second-order valence-electron chi connectivity index (χ2n) is 6.50. The minimum atomic E-state index is -0.253. The smallest absolute Gasteiger partial charge is 0.265 e. The molecule has 0 saturated carbocycles. The monoisotopic (exact) mass is 417 g/mol. The Morgan fingerprint density at radius 1 is 0.900 bits per heavy atom. The third kappa shape index (κ3) is 4.79. The number of aromatic nitrogens is 3. The molecule has 0 atom stereocenters. The van der Waals surface area contributed by atoms with Crippen LogP contribution in [0.25, 0.3) is 5.69 Å². The minimum Gasteiger partial charge on any atom is -0.351 e. The Kier molecular flexibility index (Phi) is 5.95. The summed E-state index contributed by atoms with van der Waals surface area (Å²) >= 11 is 1.17. The summed E-state index contributed by atoms with van der Waals surface area (Å²) in [4.78, 5) is 29.7. The van der Waals surface area contributed by atoms with Crippen LogP contribution in [0.1, 0.15) is 24.9 Å². The van der Waals surface area contributed by atoms with Crippen molar-refractivity contribution < 1.29 is 9.59 Å². The number of hydrogen-bond acceptors (Lipinski definition) is 5. The van der Waals surface area contributed by atoms with Gasteiger partial charge in [0.1, 0.15) is 12.7 Å². The van der Waals surface area contributed by atoms with Gasteiger partial charge in [0.05, 0.1) is 15.4 Å². The normalized spacial score (nSPS) is 10.5. The van der Waals surface area contributed by atoms with E-state index in [1.165, 1.54) is 23.2 Å². The number of carbonyl (C=O) groups excluding carboxylic acids is 2. The molecule has 2 N–H and O–H groups in total. The van der Waals surface area contributed by atoms with Crippen LogP contribution in [0.2, 0.25) is 0 Å². The Morgan fingerprint density at radius 2 is 1.63 bits per heavy atom. The Hall–Kier alpha value is -3.78. The lowest BCUT2D eigenvalue weighted by Gasteiger charge is -2.05. The van der Waals surface area contributed by atoms with E-state index in [0.29, 0.717) is 22.0 Å². The number of hydrogen-bond donors (Lipinski definition) is 2. The zero-order chi connectivity index (χ0) is 20.8. The summed E-state index contributed by atoms with van der Waals surface area (Å²) in [5, 5.41) is 9.80. The lowest BCUT2D eigenvalue weighted by molar-refractivity contribution is 0.0957. The van der Waals surface area contributed by atoms with Crippen LogP contribution in [0.5, 0.6) is 0 Å². The standard InChI is InChI=1S/C22H19N5O2S/c28-21(24-13-12-16-4-2-1-3-5-16)19-10-11-20(30-19)22(29)26-17-6-8-18(9-7-17)27-15-23-14-25-27/h1-11,14-15H,12-13H2,(H,24,28)(H,26,29). The molecule has 150 valence electrons. The molecule has 30 heavy (non-hydrogen) atoms. The maximum atomic E-state index is 12.5. The first-order valence-electron chi connectivity index (χ1n) is 9.37. The highest BCUT2D eigenvalue weighted by Crippen LogP contribution is 2.19. The van der Waals surface area contributed by atoms with Crippen molar-refractivity contribution in [2.75, 3.05) is 11.9 Å². The molecule has 2 aromatic carbocycles. The number of benzene rings is 2. The van der Waals surface area contributed by atoms with Crippen LogP contribution in [0.3, 0.4) is 0 Å². The molecule has 2 amide bonds. The summed E-state index contributed by atoms with van der Waals surface area (Å²) in [6.07, 6.45) is 3.82. The van der Waals surface area contributed by atoms with Crippen molar-refractivity contribution in [2.45, 2.75) is 6.42 Å². The van der Waals surface area contributed by atoms with Crippen LogP contribution in [-0.2, 0) is 6.42 Å². The van der Waals surface area contributed by atoms with E-state index in [1.807, 2.05) is 42.5 Å². The maximum Gasteiger partial charge on any atom is 0.265 e. The van der Waals surface area contributed by atoms with E-state index in [0.717, 1.165) is 12.1 Å². The van der Waals surface area contributed by atoms with E-state index in [9.17, 15) is 9.59 Å². The third-order valence-corrected chi connectivity index (χ3v) is 5.49. The molecule has 0 aliphatic heterocycles. The van der Waals surface area contributed by atoms with E-state index in [4.69, 9.17) is 0 Å². The molecule has 0 radical (unpaired) electrons. The van der Waals surface area contributed by atoms with Gasteiger partial charge in [-0.25, -0.2) is 9.67 Å². The van der Waals surface area contributed by atoms with Gasteiger partial charge in [-0.2, -0.15) is 5.10 Å². The molecule has 2 heterocycles.